The number of hydrogen-bond donors (Lipinski definition) is 2. The zero-order chi connectivity index (χ0) is 24.2. The third kappa shape index (κ3) is 4.28. The molecule has 0 bridgehead atoms. The Balaban J connectivity index is 1.64. The maximum absolute atomic E-state index is 13.3. The second-order valence-corrected chi connectivity index (χ2v) is 11.5. The Morgan fingerprint density at radius 2 is 1.94 bits per heavy atom. The van der Waals surface area contributed by atoms with Crippen LogP contribution in [-0.2, 0) is 14.8 Å². The first-order valence-electron chi connectivity index (χ1n) is 10.9. The Bertz CT molecular complexity index is 1300. The molecule has 5 heterocycles. The van der Waals surface area contributed by atoms with E-state index >= 15 is 0 Å². The van der Waals surface area contributed by atoms with Gasteiger partial charge in [-0.1, -0.05) is 11.3 Å². The summed E-state index contributed by atoms with van der Waals surface area (Å²) in [6.07, 6.45) is -1.40. The van der Waals surface area contributed by atoms with Crippen molar-refractivity contribution in [3.63, 3.8) is 0 Å². The molecule has 3 aromatic heterocycles. The highest BCUT2D eigenvalue weighted by Gasteiger charge is 2.34. The highest BCUT2D eigenvalue weighted by atomic mass is 32.2. The minimum atomic E-state index is -3.88. The van der Waals surface area contributed by atoms with Gasteiger partial charge in [-0.3, -0.25) is 4.40 Å². The number of alkyl halides is 2. The molecule has 0 radical (unpaired) electrons. The van der Waals surface area contributed by atoms with Crippen LogP contribution in [0.1, 0.15) is 32.2 Å². The molecular formula is C20H25F2N7O3S2. The predicted octanol–water partition coefficient (Wildman–Crippen LogP) is 2.04. The fourth-order valence-corrected chi connectivity index (χ4v) is 6.36. The number of fused-ring (bicyclic) bond motifs is 1. The van der Waals surface area contributed by atoms with Crippen molar-refractivity contribution in [2.24, 2.45) is 0 Å². The van der Waals surface area contributed by atoms with Gasteiger partial charge in [0.25, 0.3) is 6.43 Å². The highest BCUT2D eigenvalue weighted by molar-refractivity contribution is 7.89. The summed E-state index contributed by atoms with van der Waals surface area (Å²) in [5, 5.41) is 10.7. The number of rotatable bonds is 6. The van der Waals surface area contributed by atoms with Gasteiger partial charge in [0.15, 0.2) is 10.0 Å². The van der Waals surface area contributed by atoms with Crippen LogP contribution in [0.3, 0.4) is 0 Å². The average molecular weight is 514 g/mol. The number of imidazole rings is 1. The van der Waals surface area contributed by atoms with Gasteiger partial charge in [-0.15, -0.1) is 10.2 Å². The lowest BCUT2D eigenvalue weighted by molar-refractivity contribution is -0.0666. The van der Waals surface area contributed by atoms with Crippen molar-refractivity contribution >= 4 is 32.7 Å². The number of pyridine rings is 1. The van der Waals surface area contributed by atoms with Crippen LogP contribution in [0.2, 0.25) is 0 Å². The van der Waals surface area contributed by atoms with Gasteiger partial charge in [0.2, 0.25) is 10.0 Å². The molecule has 0 spiro atoms. The molecule has 0 amide bonds. The highest BCUT2D eigenvalue weighted by Crippen LogP contribution is 2.34. The van der Waals surface area contributed by atoms with Gasteiger partial charge in [0.05, 0.1) is 29.2 Å². The SMILES string of the molecule is CC1OCC1NS(=O)(=O)c1cc(N2C[C@H](C)N[C@@H](C)C2)n2cnc(-c3nnc(C(F)F)s3)c2c1. The number of aromatic nitrogens is 4. The molecule has 0 aliphatic carbocycles. The summed E-state index contributed by atoms with van der Waals surface area (Å²) < 4.78 is 62.6. The van der Waals surface area contributed by atoms with Crippen LogP contribution in [0.25, 0.3) is 16.2 Å². The summed E-state index contributed by atoms with van der Waals surface area (Å²) in [5.41, 5.74) is 0.755. The summed E-state index contributed by atoms with van der Waals surface area (Å²) in [5.74, 6) is 0.647. The van der Waals surface area contributed by atoms with E-state index in [1.165, 1.54) is 6.07 Å². The maximum Gasteiger partial charge on any atom is 0.291 e. The molecule has 3 aromatic rings. The average Bonchev–Trinajstić information content (AvgIpc) is 3.42. The molecule has 184 valence electrons. The van der Waals surface area contributed by atoms with E-state index in [0.717, 1.165) is 11.3 Å². The van der Waals surface area contributed by atoms with Crippen molar-refractivity contribution < 1.29 is 21.9 Å². The van der Waals surface area contributed by atoms with Gasteiger partial charge in [0.1, 0.15) is 17.8 Å². The van der Waals surface area contributed by atoms with Crippen LogP contribution in [0.5, 0.6) is 0 Å². The fraction of sp³-hybridized carbons (Fsp3) is 0.550. The van der Waals surface area contributed by atoms with E-state index in [4.69, 9.17) is 4.74 Å². The van der Waals surface area contributed by atoms with Crippen molar-refractivity contribution in [3.8, 4) is 10.7 Å². The van der Waals surface area contributed by atoms with E-state index in [0.29, 0.717) is 36.7 Å². The van der Waals surface area contributed by atoms with Crippen LogP contribution >= 0.6 is 11.3 Å². The molecule has 2 N–H and O–H groups in total. The quantitative estimate of drug-likeness (QED) is 0.515. The topological polar surface area (TPSA) is 114 Å². The monoisotopic (exact) mass is 513 g/mol. The Morgan fingerprint density at radius 3 is 2.53 bits per heavy atom. The van der Waals surface area contributed by atoms with E-state index in [9.17, 15) is 17.2 Å². The Morgan fingerprint density at radius 1 is 1.21 bits per heavy atom. The maximum atomic E-state index is 13.3. The fourth-order valence-electron chi connectivity index (χ4n) is 4.33. The molecule has 2 aliphatic rings. The van der Waals surface area contributed by atoms with Crippen molar-refractivity contribution in [3.05, 3.63) is 23.5 Å². The van der Waals surface area contributed by atoms with Gasteiger partial charge in [0, 0.05) is 25.2 Å². The van der Waals surface area contributed by atoms with Crippen molar-refractivity contribution in [1.82, 2.24) is 29.6 Å². The van der Waals surface area contributed by atoms with Gasteiger partial charge < -0.3 is 15.0 Å². The molecule has 5 rings (SSSR count). The number of sulfonamides is 1. The normalized spacial score (nSPS) is 25.8. The largest absolute Gasteiger partial charge is 0.375 e. The summed E-state index contributed by atoms with van der Waals surface area (Å²) >= 11 is 0.740. The van der Waals surface area contributed by atoms with Gasteiger partial charge in [-0.2, -0.15) is 0 Å². The first-order chi connectivity index (χ1) is 16.1. The third-order valence-corrected chi connectivity index (χ3v) is 8.44. The number of anilines is 1. The second kappa shape index (κ2) is 8.75. The second-order valence-electron chi connectivity index (χ2n) is 8.78. The predicted molar refractivity (Wildman–Crippen MR) is 123 cm³/mol. The van der Waals surface area contributed by atoms with Crippen molar-refractivity contribution in [1.29, 1.82) is 0 Å². The van der Waals surface area contributed by atoms with Crippen LogP contribution in [-0.4, -0.2) is 71.9 Å². The molecule has 2 fully saturated rings. The number of piperazine rings is 1. The number of hydrogen-bond acceptors (Lipinski definition) is 9. The van der Waals surface area contributed by atoms with E-state index in [1.54, 1.807) is 23.7 Å². The van der Waals surface area contributed by atoms with Crippen molar-refractivity contribution in [2.75, 3.05) is 24.6 Å². The van der Waals surface area contributed by atoms with Crippen LogP contribution in [0.15, 0.2) is 23.4 Å². The van der Waals surface area contributed by atoms with E-state index in [-0.39, 0.29) is 34.1 Å². The number of nitrogens with one attached hydrogen (secondary N) is 2. The zero-order valence-corrected chi connectivity index (χ0v) is 20.4. The molecule has 4 atom stereocenters. The number of halogens is 2. The summed E-state index contributed by atoms with van der Waals surface area (Å²) in [7, 11) is -3.88. The molecule has 2 unspecified atom stereocenters. The molecule has 0 aromatic carbocycles. The van der Waals surface area contributed by atoms with Gasteiger partial charge >= 0.3 is 0 Å². The zero-order valence-electron chi connectivity index (χ0n) is 18.8. The smallest absolute Gasteiger partial charge is 0.291 e. The molecule has 14 heteroatoms. The number of ether oxygens (including phenoxy) is 1. The number of nitrogens with zero attached hydrogens (tertiary/aromatic N) is 5. The minimum Gasteiger partial charge on any atom is -0.375 e. The summed E-state index contributed by atoms with van der Waals surface area (Å²) in [6, 6.07) is 3.18. The van der Waals surface area contributed by atoms with E-state index in [1.807, 2.05) is 0 Å². The van der Waals surface area contributed by atoms with Crippen LogP contribution in [0.4, 0.5) is 14.6 Å². The van der Waals surface area contributed by atoms with Crippen molar-refractivity contribution in [2.45, 2.75) is 56.3 Å². The van der Waals surface area contributed by atoms with E-state index < -0.39 is 21.5 Å². The minimum absolute atomic E-state index is 0.0632. The summed E-state index contributed by atoms with van der Waals surface area (Å²) in [4.78, 5) is 6.57. The van der Waals surface area contributed by atoms with Crippen LogP contribution in [0, 0.1) is 0 Å². The van der Waals surface area contributed by atoms with Gasteiger partial charge in [-0.05, 0) is 32.9 Å². The molecule has 34 heavy (non-hydrogen) atoms. The molecule has 0 saturated carbocycles. The Kier molecular flexibility index (Phi) is 6.04. The molecule has 10 nitrogen and oxygen atoms in total. The molecule has 2 aliphatic heterocycles. The first-order valence-corrected chi connectivity index (χ1v) is 13.2. The lowest BCUT2D eigenvalue weighted by Crippen LogP contribution is -2.55. The van der Waals surface area contributed by atoms with Gasteiger partial charge in [-0.25, -0.2) is 26.9 Å². The third-order valence-electron chi connectivity index (χ3n) is 6.04. The Hall–Kier alpha value is -2.26. The molecule has 2 saturated heterocycles. The lowest BCUT2D eigenvalue weighted by atomic mass is 10.1. The Labute approximate surface area is 199 Å². The standard InChI is InChI=1S/C20H25F2N7O3S2/c1-10-6-28(7-11(2)24-10)16-5-13(34(30,31)27-14-8-32-12(14)3)4-15-17(23-9-29(15)16)19-25-26-20(33-19)18(21)22/h4-5,9-12,14,18,24,27H,6-8H2,1-3H3/t10-,11-,12?,14?/m0/s1. The van der Waals surface area contributed by atoms with Crippen LogP contribution < -0.4 is 14.9 Å². The van der Waals surface area contributed by atoms with E-state index in [2.05, 4.69) is 44.0 Å². The lowest BCUT2D eigenvalue weighted by Gasteiger charge is -2.38. The molecular weight excluding hydrogens is 488 g/mol. The summed E-state index contributed by atoms with van der Waals surface area (Å²) in [6.45, 7) is 7.55. The first kappa shape index (κ1) is 23.5.